The zero-order valence-corrected chi connectivity index (χ0v) is 10.2. The summed E-state index contributed by atoms with van der Waals surface area (Å²) in [6.45, 7) is 1.78. The van der Waals surface area contributed by atoms with Crippen LogP contribution in [0.15, 0.2) is 22.7 Å². The SMILES string of the molecule is COc1ccc(CO)c(OCc2noc(C)n2)c1. The van der Waals surface area contributed by atoms with Gasteiger partial charge in [-0.1, -0.05) is 5.16 Å². The second-order valence-corrected chi connectivity index (χ2v) is 3.65. The molecule has 2 rings (SSSR count). The van der Waals surface area contributed by atoms with Gasteiger partial charge in [0.1, 0.15) is 11.5 Å². The summed E-state index contributed by atoms with van der Waals surface area (Å²) in [4.78, 5) is 4.03. The molecule has 96 valence electrons. The van der Waals surface area contributed by atoms with Crippen molar-refractivity contribution in [2.75, 3.05) is 7.11 Å². The van der Waals surface area contributed by atoms with Crippen LogP contribution in [0.25, 0.3) is 0 Å². The van der Waals surface area contributed by atoms with Crippen molar-refractivity contribution < 1.29 is 19.1 Å². The number of aliphatic hydroxyl groups is 1. The van der Waals surface area contributed by atoms with E-state index in [0.717, 1.165) is 0 Å². The first-order valence-corrected chi connectivity index (χ1v) is 5.42. The fourth-order valence-electron chi connectivity index (χ4n) is 1.47. The summed E-state index contributed by atoms with van der Waals surface area (Å²) < 4.78 is 15.5. The molecule has 0 radical (unpaired) electrons. The Balaban J connectivity index is 2.11. The van der Waals surface area contributed by atoms with Gasteiger partial charge in [0.05, 0.1) is 13.7 Å². The quantitative estimate of drug-likeness (QED) is 0.865. The lowest BCUT2D eigenvalue weighted by Gasteiger charge is -2.10. The van der Waals surface area contributed by atoms with E-state index < -0.39 is 0 Å². The molecule has 0 spiro atoms. The lowest BCUT2D eigenvalue weighted by atomic mass is 10.2. The Hall–Kier alpha value is -2.08. The van der Waals surface area contributed by atoms with Crippen molar-refractivity contribution in [3.63, 3.8) is 0 Å². The molecular weight excluding hydrogens is 236 g/mol. The van der Waals surface area contributed by atoms with E-state index >= 15 is 0 Å². The zero-order chi connectivity index (χ0) is 13.0. The van der Waals surface area contributed by atoms with Crippen molar-refractivity contribution in [2.45, 2.75) is 20.1 Å². The molecule has 1 aromatic heterocycles. The van der Waals surface area contributed by atoms with E-state index in [1.54, 1.807) is 32.2 Å². The van der Waals surface area contributed by atoms with E-state index in [2.05, 4.69) is 10.1 Å². The number of aliphatic hydroxyl groups excluding tert-OH is 1. The molecule has 1 aromatic carbocycles. The monoisotopic (exact) mass is 250 g/mol. The molecule has 0 aliphatic carbocycles. The summed E-state index contributed by atoms with van der Waals surface area (Å²) in [7, 11) is 1.57. The number of aryl methyl sites for hydroxylation is 1. The van der Waals surface area contributed by atoms with Crippen molar-refractivity contribution in [1.29, 1.82) is 0 Å². The Kier molecular flexibility index (Phi) is 3.78. The molecule has 1 heterocycles. The summed E-state index contributed by atoms with van der Waals surface area (Å²) in [5.74, 6) is 2.15. The summed E-state index contributed by atoms with van der Waals surface area (Å²) in [5, 5.41) is 12.9. The van der Waals surface area contributed by atoms with Crippen LogP contribution < -0.4 is 9.47 Å². The van der Waals surface area contributed by atoms with Gasteiger partial charge >= 0.3 is 0 Å². The maximum atomic E-state index is 9.21. The smallest absolute Gasteiger partial charge is 0.223 e. The van der Waals surface area contributed by atoms with Gasteiger partial charge < -0.3 is 19.1 Å². The molecule has 2 aromatic rings. The molecular formula is C12H14N2O4. The lowest BCUT2D eigenvalue weighted by molar-refractivity contribution is 0.251. The number of hydrogen-bond donors (Lipinski definition) is 1. The van der Waals surface area contributed by atoms with E-state index in [4.69, 9.17) is 14.0 Å². The molecule has 0 aliphatic heterocycles. The topological polar surface area (TPSA) is 77.6 Å². The molecule has 0 amide bonds. The molecule has 0 atom stereocenters. The van der Waals surface area contributed by atoms with Gasteiger partial charge in [0.25, 0.3) is 0 Å². The van der Waals surface area contributed by atoms with Crippen LogP contribution >= 0.6 is 0 Å². The number of ether oxygens (including phenoxy) is 2. The summed E-state index contributed by atoms with van der Waals surface area (Å²) in [6.07, 6.45) is 0. The number of benzene rings is 1. The molecule has 0 unspecified atom stereocenters. The molecule has 18 heavy (non-hydrogen) atoms. The van der Waals surface area contributed by atoms with E-state index in [1.165, 1.54) is 0 Å². The highest BCUT2D eigenvalue weighted by Gasteiger charge is 2.08. The maximum Gasteiger partial charge on any atom is 0.223 e. The number of methoxy groups -OCH3 is 1. The third kappa shape index (κ3) is 2.78. The highest BCUT2D eigenvalue weighted by Crippen LogP contribution is 2.25. The van der Waals surface area contributed by atoms with E-state index in [9.17, 15) is 5.11 Å². The van der Waals surface area contributed by atoms with Crippen LogP contribution in [-0.2, 0) is 13.2 Å². The Labute approximate surface area is 104 Å². The highest BCUT2D eigenvalue weighted by atomic mass is 16.5. The molecule has 0 saturated carbocycles. The van der Waals surface area contributed by atoms with Crippen LogP contribution in [0.5, 0.6) is 11.5 Å². The highest BCUT2D eigenvalue weighted by molar-refractivity contribution is 5.40. The zero-order valence-electron chi connectivity index (χ0n) is 10.2. The van der Waals surface area contributed by atoms with Gasteiger partial charge in [-0.3, -0.25) is 0 Å². The van der Waals surface area contributed by atoms with Gasteiger partial charge in [-0.2, -0.15) is 4.98 Å². The molecule has 1 N–H and O–H groups in total. The van der Waals surface area contributed by atoms with Gasteiger partial charge in [-0.15, -0.1) is 0 Å². The van der Waals surface area contributed by atoms with E-state index in [0.29, 0.717) is 28.8 Å². The van der Waals surface area contributed by atoms with Gasteiger partial charge in [-0.05, 0) is 12.1 Å². The standard InChI is InChI=1S/C12H14N2O4/c1-8-13-12(14-18-8)7-17-11-5-10(16-2)4-3-9(11)6-15/h3-5,15H,6-7H2,1-2H3. The van der Waals surface area contributed by atoms with Crippen molar-refractivity contribution in [3.8, 4) is 11.5 Å². The van der Waals surface area contributed by atoms with Gasteiger partial charge in [-0.25, -0.2) is 0 Å². The summed E-state index contributed by atoms with van der Waals surface area (Å²) in [5.41, 5.74) is 0.677. The molecule has 0 saturated heterocycles. The average Bonchev–Trinajstić information content (AvgIpc) is 2.81. The van der Waals surface area contributed by atoms with Crippen LogP contribution in [0, 0.1) is 6.92 Å². The van der Waals surface area contributed by atoms with Crippen molar-refractivity contribution >= 4 is 0 Å². The second kappa shape index (κ2) is 5.50. The van der Waals surface area contributed by atoms with Gasteiger partial charge in [0.2, 0.25) is 11.7 Å². The largest absolute Gasteiger partial charge is 0.497 e. The van der Waals surface area contributed by atoms with Crippen molar-refractivity contribution in [2.24, 2.45) is 0 Å². The Morgan fingerprint density at radius 2 is 2.22 bits per heavy atom. The van der Waals surface area contributed by atoms with E-state index in [1.807, 2.05) is 0 Å². The van der Waals surface area contributed by atoms with Crippen molar-refractivity contribution in [3.05, 3.63) is 35.5 Å². The molecule has 0 fully saturated rings. The van der Waals surface area contributed by atoms with E-state index in [-0.39, 0.29) is 13.2 Å². The fraction of sp³-hybridized carbons (Fsp3) is 0.333. The minimum absolute atomic E-state index is 0.107. The Bertz CT molecular complexity index is 525. The third-order valence-electron chi connectivity index (χ3n) is 2.37. The van der Waals surface area contributed by atoms with Crippen molar-refractivity contribution in [1.82, 2.24) is 10.1 Å². The van der Waals surface area contributed by atoms with Crippen LogP contribution in [0.3, 0.4) is 0 Å². The third-order valence-corrected chi connectivity index (χ3v) is 2.37. The van der Waals surface area contributed by atoms with Gasteiger partial charge in [0.15, 0.2) is 6.61 Å². The summed E-state index contributed by atoms with van der Waals surface area (Å²) in [6, 6.07) is 5.21. The van der Waals surface area contributed by atoms with Crippen LogP contribution in [-0.4, -0.2) is 22.4 Å². The van der Waals surface area contributed by atoms with Crippen LogP contribution in [0.4, 0.5) is 0 Å². The minimum Gasteiger partial charge on any atom is -0.497 e. The van der Waals surface area contributed by atoms with Crippen LogP contribution in [0.1, 0.15) is 17.3 Å². The molecule has 6 heteroatoms. The Morgan fingerprint density at radius 1 is 1.39 bits per heavy atom. The predicted molar refractivity (Wildman–Crippen MR) is 62.3 cm³/mol. The number of nitrogens with zero attached hydrogens (tertiary/aromatic N) is 2. The lowest BCUT2D eigenvalue weighted by Crippen LogP contribution is -2.01. The maximum absolute atomic E-state index is 9.21. The fourth-order valence-corrected chi connectivity index (χ4v) is 1.47. The first-order chi connectivity index (χ1) is 8.72. The molecule has 0 aliphatic rings. The normalized spacial score (nSPS) is 10.4. The Morgan fingerprint density at radius 3 is 2.83 bits per heavy atom. The van der Waals surface area contributed by atoms with Gasteiger partial charge in [0, 0.05) is 18.6 Å². The van der Waals surface area contributed by atoms with Crippen LogP contribution in [0.2, 0.25) is 0 Å². The predicted octanol–water partition coefficient (Wildman–Crippen LogP) is 1.46. The summed E-state index contributed by atoms with van der Waals surface area (Å²) >= 11 is 0. The number of rotatable bonds is 5. The first-order valence-electron chi connectivity index (χ1n) is 5.42. The minimum atomic E-state index is -0.107. The molecule has 0 bridgehead atoms. The number of hydrogen-bond acceptors (Lipinski definition) is 6. The molecule has 6 nitrogen and oxygen atoms in total. The average molecular weight is 250 g/mol. The second-order valence-electron chi connectivity index (χ2n) is 3.65. The first kappa shape index (κ1) is 12.4. The number of aromatic nitrogens is 2.